The first kappa shape index (κ1) is 62.5. The Hall–Kier alpha value is -9.54. The molecular weight excluding hydrogens is 1150 g/mol. The predicted octanol–water partition coefficient (Wildman–Crippen LogP) is 10.0. The molecule has 3 aliphatic heterocycles. The van der Waals surface area contributed by atoms with Crippen molar-refractivity contribution in [1.82, 2.24) is 0 Å². The van der Waals surface area contributed by atoms with Crippen molar-refractivity contribution in [3.05, 3.63) is 233 Å². The topological polar surface area (TPSA) is 232 Å². The van der Waals surface area contributed by atoms with Crippen LogP contribution in [0.3, 0.4) is 0 Å². The fourth-order valence-corrected chi connectivity index (χ4v) is 10.2. The second-order valence-electron chi connectivity index (χ2n) is 21.1. The largest absolute Gasteiger partial charge is 0.493 e. The van der Waals surface area contributed by atoms with Crippen molar-refractivity contribution in [3.63, 3.8) is 0 Å². The summed E-state index contributed by atoms with van der Waals surface area (Å²) in [6.45, 7) is 4.23. The lowest BCUT2D eigenvalue weighted by Gasteiger charge is -2.47. The summed E-state index contributed by atoms with van der Waals surface area (Å²) in [5.74, 6) is -5.09. The molecule has 7 aromatic rings. The zero-order valence-corrected chi connectivity index (χ0v) is 49.1. The zero-order chi connectivity index (χ0) is 62.4. The minimum atomic E-state index is -1.65. The van der Waals surface area contributed by atoms with Crippen LogP contribution in [0.2, 0.25) is 0 Å². The quantitative estimate of drug-likeness (QED) is 0.0266. The van der Waals surface area contributed by atoms with Crippen molar-refractivity contribution in [3.8, 4) is 23.0 Å². The Balaban J connectivity index is 1.01. The van der Waals surface area contributed by atoms with E-state index in [-0.39, 0.29) is 52.7 Å². The van der Waals surface area contributed by atoms with E-state index in [4.69, 9.17) is 66.3 Å². The number of ether oxygens (including phenoxy) is 14. The molecule has 0 radical (unpaired) electrons. The highest BCUT2D eigenvalue weighted by molar-refractivity contribution is 5.93. The number of carbonyl (C=O) groups excluding carboxylic acids is 6. The Morgan fingerprint density at radius 3 is 1.55 bits per heavy atom. The molecule has 10 rings (SSSR count). The predicted molar refractivity (Wildman–Crippen MR) is 317 cm³/mol. The molecule has 7 aromatic carbocycles. The number of hydrogen-bond donors (Lipinski definition) is 0. The number of fused-ring (bicyclic) bond motifs is 1. The zero-order valence-electron chi connectivity index (χ0n) is 49.1. The molecule has 10 atom stereocenters. The number of rotatable bonds is 22. The van der Waals surface area contributed by atoms with Gasteiger partial charge in [0, 0.05) is 6.08 Å². The molecule has 0 saturated carbocycles. The maximum absolute atomic E-state index is 14.6. The first-order chi connectivity index (χ1) is 43.1. The van der Waals surface area contributed by atoms with E-state index in [2.05, 4.69) is 0 Å². The van der Waals surface area contributed by atoms with Gasteiger partial charge in [-0.2, -0.15) is 0 Å². The lowest BCUT2D eigenvalue weighted by atomic mass is 9.96. The Bertz CT molecular complexity index is 3600. The van der Waals surface area contributed by atoms with Crippen LogP contribution in [0.1, 0.15) is 83.7 Å². The van der Waals surface area contributed by atoms with Crippen molar-refractivity contribution < 1.29 is 95.1 Å². The van der Waals surface area contributed by atoms with E-state index in [0.717, 1.165) is 6.08 Å². The summed E-state index contributed by atoms with van der Waals surface area (Å²) in [7, 11) is 2.84. The third-order valence-electron chi connectivity index (χ3n) is 14.5. The van der Waals surface area contributed by atoms with Gasteiger partial charge in [-0.15, -0.1) is 0 Å². The van der Waals surface area contributed by atoms with Crippen LogP contribution in [0.25, 0.3) is 6.08 Å². The van der Waals surface area contributed by atoms with E-state index in [1.807, 2.05) is 0 Å². The Kier molecular flexibility index (Phi) is 20.4. The molecule has 460 valence electrons. The van der Waals surface area contributed by atoms with Crippen molar-refractivity contribution in [2.24, 2.45) is 0 Å². The van der Waals surface area contributed by atoms with Gasteiger partial charge in [-0.1, -0.05) is 103 Å². The molecule has 0 aromatic heterocycles. The summed E-state index contributed by atoms with van der Waals surface area (Å²) in [5, 5.41) is 0. The van der Waals surface area contributed by atoms with Crippen LogP contribution in [0.4, 0.5) is 0 Å². The maximum Gasteiger partial charge on any atom is 0.343 e. The highest BCUT2D eigenvalue weighted by atomic mass is 16.8. The van der Waals surface area contributed by atoms with Crippen LogP contribution in [0.15, 0.2) is 194 Å². The summed E-state index contributed by atoms with van der Waals surface area (Å²) in [4.78, 5) is 82.8. The molecule has 0 bridgehead atoms. The minimum Gasteiger partial charge on any atom is -0.493 e. The maximum atomic E-state index is 14.6. The van der Waals surface area contributed by atoms with Crippen molar-refractivity contribution in [2.75, 3.05) is 27.4 Å². The number of hydrogen-bond acceptors (Lipinski definition) is 20. The third kappa shape index (κ3) is 15.8. The summed E-state index contributed by atoms with van der Waals surface area (Å²) in [6, 6.07) is 51.1. The lowest BCUT2D eigenvalue weighted by Crippen LogP contribution is -2.65. The molecule has 3 fully saturated rings. The van der Waals surface area contributed by atoms with Gasteiger partial charge in [0.1, 0.15) is 31.0 Å². The average Bonchev–Trinajstić information content (AvgIpc) is 1.84. The molecule has 89 heavy (non-hydrogen) atoms. The van der Waals surface area contributed by atoms with E-state index in [1.54, 1.807) is 185 Å². The SMILES string of the molecule is COc1cc(/C=C\C(=O)O[C@H]2[C@H](O[C@@H]3O[C@@H](C)[C@H](OC(=O)c4ccccc4)[C@H]4OC(C)(C)O[C@@H]34)[C@@H](OC(=O)c3ccccc3)[C@H](OCCc3ccc(OC)c(OC(=O)c4ccccc4)c3)O[C@@H]2COC(=O)c2ccccc2)ccc1OC(=O)c1ccccc1. The van der Waals surface area contributed by atoms with Gasteiger partial charge in [0.05, 0.1) is 54.7 Å². The molecular formula is C69H64O20. The van der Waals surface area contributed by atoms with E-state index in [0.29, 0.717) is 22.3 Å². The average molecular weight is 1210 g/mol. The van der Waals surface area contributed by atoms with Gasteiger partial charge in [-0.05, 0) is 129 Å². The van der Waals surface area contributed by atoms with E-state index in [9.17, 15) is 28.8 Å². The van der Waals surface area contributed by atoms with Crippen molar-refractivity contribution >= 4 is 41.9 Å². The minimum absolute atomic E-state index is 0.112. The Labute approximate surface area is 512 Å². The normalized spacial score (nSPS) is 22.6. The van der Waals surface area contributed by atoms with E-state index < -0.39 is 110 Å². The second kappa shape index (κ2) is 29.0. The van der Waals surface area contributed by atoms with Crippen LogP contribution in [0, 0.1) is 0 Å². The van der Waals surface area contributed by atoms with Gasteiger partial charge in [0.25, 0.3) is 0 Å². The van der Waals surface area contributed by atoms with Crippen LogP contribution >= 0.6 is 0 Å². The molecule has 0 unspecified atom stereocenters. The summed E-state index contributed by atoms with van der Waals surface area (Å²) in [6.07, 6.45) is -11.0. The van der Waals surface area contributed by atoms with Gasteiger partial charge >= 0.3 is 35.8 Å². The van der Waals surface area contributed by atoms with Crippen LogP contribution in [0.5, 0.6) is 23.0 Å². The van der Waals surface area contributed by atoms with Crippen molar-refractivity contribution in [1.29, 1.82) is 0 Å². The van der Waals surface area contributed by atoms with E-state index in [1.165, 1.54) is 44.6 Å². The van der Waals surface area contributed by atoms with Crippen LogP contribution in [-0.2, 0) is 58.6 Å². The smallest absolute Gasteiger partial charge is 0.343 e. The molecule has 3 saturated heterocycles. The molecule has 3 heterocycles. The number of benzene rings is 7. The number of methoxy groups -OCH3 is 2. The molecule has 20 nitrogen and oxygen atoms in total. The van der Waals surface area contributed by atoms with Gasteiger partial charge in [0.15, 0.2) is 59.7 Å². The highest BCUT2D eigenvalue weighted by Gasteiger charge is 2.60. The molecule has 0 N–H and O–H groups in total. The Morgan fingerprint density at radius 2 is 0.989 bits per heavy atom. The fourth-order valence-electron chi connectivity index (χ4n) is 10.2. The van der Waals surface area contributed by atoms with Gasteiger partial charge in [-0.25, -0.2) is 28.8 Å². The molecule has 20 heteroatoms. The standard InChI is InChI=1S/C69H64O20/c1-42-56(85-65(74)48-27-17-9-18-28-48)59-61(89-69(2,3)88-59)68(80-42)87-58-57(84-55(70)36-33-43-32-35-51(52(39-43)77-5)81-63(72)46-23-13-7-14-24-46)54(41-79-62(71)45-21-11-6-12-22-45)83-67(60(58)86-66(75)49-29-19-10-20-30-49)78-38-37-44-31-34-50(76-4)53(40-44)82-64(73)47-25-15-8-16-26-47/h6-36,39-40,42,54,56-61,67-68H,37-38,41H2,1-5H3/b36-33-/t42-,54+,56-,57+,58-,59+,60+,61+,67+,68-/m0/s1. The third-order valence-corrected chi connectivity index (χ3v) is 14.5. The van der Waals surface area contributed by atoms with Gasteiger partial charge < -0.3 is 66.3 Å². The number of esters is 6. The summed E-state index contributed by atoms with van der Waals surface area (Å²) in [5.41, 5.74) is 2.26. The second-order valence-corrected chi connectivity index (χ2v) is 21.1. The molecule has 0 spiro atoms. The fraction of sp³-hybridized carbons (Fsp3) is 0.275. The first-order valence-electron chi connectivity index (χ1n) is 28.6. The monoisotopic (exact) mass is 1210 g/mol. The lowest BCUT2D eigenvalue weighted by molar-refractivity contribution is -0.349. The highest BCUT2D eigenvalue weighted by Crippen LogP contribution is 2.42. The summed E-state index contributed by atoms with van der Waals surface area (Å²) < 4.78 is 87.3. The van der Waals surface area contributed by atoms with Gasteiger partial charge in [-0.3, -0.25) is 0 Å². The van der Waals surface area contributed by atoms with Gasteiger partial charge in [0.2, 0.25) is 0 Å². The molecule has 0 aliphatic carbocycles. The van der Waals surface area contributed by atoms with Crippen LogP contribution in [-0.4, -0.2) is 130 Å². The summed E-state index contributed by atoms with van der Waals surface area (Å²) >= 11 is 0. The van der Waals surface area contributed by atoms with Crippen LogP contribution < -0.4 is 18.9 Å². The number of carbonyl (C=O) groups is 6. The Morgan fingerprint density at radius 1 is 0.483 bits per heavy atom. The van der Waals surface area contributed by atoms with Crippen molar-refractivity contribution in [2.45, 2.75) is 94.4 Å². The molecule has 0 amide bonds. The van der Waals surface area contributed by atoms with E-state index >= 15 is 0 Å². The molecule has 3 aliphatic rings. The first-order valence-corrected chi connectivity index (χ1v) is 28.6.